The summed E-state index contributed by atoms with van der Waals surface area (Å²) in [5.41, 5.74) is 8.00. The predicted octanol–water partition coefficient (Wildman–Crippen LogP) is 1.91. The molecule has 0 spiro atoms. The molecule has 5 nitrogen and oxygen atoms in total. The van der Waals surface area contributed by atoms with Gasteiger partial charge in [0.15, 0.2) is 11.9 Å². The van der Waals surface area contributed by atoms with Gasteiger partial charge in [0.05, 0.1) is 0 Å². The molecule has 0 bridgehead atoms. The summed E-state index contributed by atoms with van der Waals surface area (Å²) in [6.45, 7) is 1.96. The number of nitrogens with zero attached hydrogens (tertiary/aromatic N) is 3. The topological polar surface area (TPSA) is 75.1 Å². The van der Waals surface area contributed by atoms with E-state index in [0.29, 0.717) is 12.8 Å². The second-order valence-corrected chi connectivity index (χ2v) is 3.71. The number of rotatable bonds is 2. The summed E-state index contributed by atoms with van der Waals surface area (Å²) >= 11 is 0. The van der Waals surface area contributed by atoms with Crippen molar-refractivity contribution in [1.82, 2.24) is 0 Å². The minimum absolute atomic E-state index is 0.0121. The lowest BCUT2D eigenvalue weighted by Crippen LogP contribution is -2.34. The molecule has 0 heterocycles. The fourth-order valence-corrected chi connectivity index (χ4v) is 1.53. The molecule has 1 aliphatic rings. The van der Waals surface area contributed by atoms with Crippen molar-refractivity contribution < 1.29 is 9.63 Å². The van der Waals surface area contributed by atoms with Gasteiger partial charge in [-0.1, -0.05) is 6.92 Å². The van der Waals surface area contributed by atoms with Crippen LogP contribution in [0, 0.1) is 5.92 Å². The lowest BCUT2D eigenvalue weighted by Gasteiger charge is -2.24. The van der Waals surface area contributed by atoms with E-state index < -0.39 is 6.10 Å². The van der Waals surface area contributed by atoms with Crippen molar-refractivity contribution in [2.45, 2.75) is 25.9 Å². The molecule has 1 rings (SSSR count). The minimum Gasteiger partial charge on any atom is -0.422 e. The molecule has 0 aromatic rings. The highest BCUT2D eigenvalue weighted by Crippen LogP contribution is 2.22. The first-order chi connectivity index (χ1) is 6.15. The Labute approximate surface area is 77.9 Å². The van der Waals surface area contributed by atoms with E-state index in [9.17, 15) is 4.79 Å². The molecule has 0 amide bonds. The number of Topliss-reactive ketones (excluding diaryl/α,β-unsaturated/α-hetero) is 1. The van der Waals surface area contributed by atoms with Gasteiger partial charge in [-0.3, -0.25) is 4.79 Å². The molecule has 0 saturated heterocycles. The number of azide groups is 1. The quantitative estimate of drug-likeness (QED) is 0.224. The summed E-state index contributed by atoms with van der Waals surface area (Å²) in [7, 11) is 3.41. The Morgan fingerprint density at radius 2 is 2.38 bits per heavy atom. The van der Waals surface area contributed by atoms with Crippen LogP contribution in [0.3, 0.4) is 0 Å². The van der Waals surface area contributed by atoms with Crippen molar-refractivity contribution in [3.8, 4) is 0 Å². The second kappa shape index (κ2) is 4.26. The van der Waals surface area contributed by atoms with Crippen LogP contribution in [0.2, 0.25) is 0 Å². The number of carbonyl (C=O) groups is 1. The van der Waals surface area contributed by atoms with Crippen LogP contribution in [0.5, 0.6) is 0 Å². The Kier molecular flexibility index (Phi) is 3.29. The number of hydrogen-bond donors (Lipinski definition) is 0. The maximum Gasteiger partial charge on any atom is 0.174 e. The third-order valence-electron chi connectivity index (χ3n) is 2.08. The van der Waals surface area contributed by atoms with Crippen LogP contribution in [-0.4, -0.2) is 17.2 Å². The van der Waals surface area contributed by atoms with Crippen molar-refractivity contribution in [1.29, 1.82) is 0 Å². The molecule has 0 aromatic heterocycles. The molecule has 6 heteroatoms. The normalized spacial score (nSPS) is 28.1. The maximum atomic E-state index is 11.3. The summed E-state index contributed by atoms with van der Waals surface area (Å²) in [5.74, 6) is 0.219. The summed E-state index contributed by atoms with van der Waals surface area (Å²) < 4.78 is 0. The summed E-state index contributed by atoms with van der Waals surface area (Å²) in [4.78, 5) is 18.4. The molecule has 2 atom stereocenters. The fourth-order valence-electron chi connectivity index (χ4n) is 1.25. The highest BCUT2D eigenvalue weighted by atomic mass is 31.0. The van der Waals surface area contributed by atoms with Gasteiger partial charge in [-0.25, -0.2) is 0 Å². The Morgan fingerprint density at radius 1 is 1.69 bits per heavy atom. The van der Waals surface area contributed by atoms with E-state index in [-0.39, 0.29) is 11.7 Å². The zero-order chi connectivity index (χ0) is 9.84. The van der Waals surface area contributed by atoms with Gasteiger partial charge in [0.25, 0.3) is 0 Å². The second-order valence-electron chi connectivity index (χ2n) is 3.07. The minimum atomic E-state index is -0.611. The maximum absolute atomic E-state index is 11.3. The molecular weight excluding hydrogens is 189 g/mol. The Bertz CT molecular complexity index is 285. The van der Waals surface area contributed by atoms with Crippen LogP contribution in [0.15, 0.2) is 5.28 Å². The van der Waals surface area contributed by atoms with Crippen molar-refractivity contribution in [2.24, 2.45) is 11.2 Å². The standard InChI is InChI=1S/C7H10N3O2P/c1-4-2-5(11)6(3-7(4)13)12-10-9-8/h4,6,13H,2-3H2,1H3/t4-,6-/m1/s1. The van der Waals surface area contributed by atoms with Crippen molar-refractivity contribution in [3.05, 3.63) is 10.4 Å². The van der Waals surface area contributed by atoms with E-state index in [2.05, 4.69) is 23.9 Å². The highest BCUT2D eigenvalue weighted by molar-refractivity contribution is 7.21. The molecule has 0 aromatic carbocycles. The molecule has 0 unspecified atom stereocenters. The summed E-state index contributed by atoms with van der Waals surface area (Å²) in [6, 6.07) is 0. The third kappa shape index (κ3) is 2.44. The van der Waals surface area contributed by atoms with E-state index in [0.717, 1.165) is 5.29 Å². The van der Waals surface area contributed by atoms with Crippen LogP contribution in [-0.2, 0) is 9.63 Å². The Morgan fingerprint density at radius 3 is 3.00 bits per heavy atom. The average molecular weight is 199 g/mol. The van der Waals surface area contributed by atoms with Crippen LogP contribution < -0.4 is 0 Å². The van der Waals surface area contributed by atoms with E-state index in [1.54, 1.807) is 0 Å². The first-order valence-electron chi connectivity index (χ1n) is 3.95. The van der Waals surface area contributed by atoms with E-state index in [1.165, 1.54) is 0 Å². The molecular formula is C7H10N3O2P. The van der Waals surface area contributed by atoms with Gasteiger partial charge in [0, 0.05) is 17.8 Å². The number of carbonyl (C=O) groups excluding carboxylic acids is 1. The first-order valence-corrected chi connectivity index (χ1v) is 4.45. The summed E-state index contributed by atoms with van der Waals surface area (Å²) in [6.07, 6.45) is 0.306. The van der Waals surface area contributed by atoms with E-state index in [4.69, 9.17) is 5.53 Å². The molecule has 1 aliphatic carbocycles. The number of ketones is 1. The largest absolute Gasteiger partial charge is 0.422 e. The summed E-state index contributed by atoms with van der Waals surface area (Å²) in [5, 5.41) is 3.96. The van der Waals surface area contributed by atoms with Gasteiger partial charge in [-0.15, -0.1) is 8.86 Å². The molecule has 70 valence electrons. The van der Waals surface area contributed by atoms with Crippen LogP contribution in [0.25, 0.3) is 10.4 Å². The van der Waals surface area contributed by atoms with E-state index >= 15 is 0 Å². The molecule has 0 radical (unpaired) electrons. The zero-order valence-electron chi connectivity index (χ0n) is 7.23. The Balaban J connectivity index is 2.61. The molecule has 13 heavy (non-hydrogen) atoms. The zero-order valence-corrected chi connectivity index (χ0v) is 8.23. The molecule has 0 N–H and O–H groups in total. The lowest BCUT2D eigenvalue weighted by atomic mass is 9.88. The monoisotopic (exact) mass is 199 g/mol. The lowest BCUT2D eigenvalue weighted by molar-refractivity contribution is -0.131. The predicted molar refractivity (Wildman–Crippen MR) is 50.7 cm³/mol. The van der Waals surface area contributed by atoms with Gasteiger partial charge < -0.3 is 4.84 Å². The number of hydrogen-bond acceptors (Lipinski definition) is 3. The molecule has 1 fully saturated rings. The third-order valence-corrected chi connectivity index (χ3v) is 2.77. The van der Waals surface area contributed by atoms with Crippen molar-refractivity contribution in [2.75, 3.05) is 0 Å². The highest BCUT2D eigenvalue weighted by Gasteiger charge is 2.30. The van der Waals surface area contributed by atoms with Gasteiger partial charge >= 0.3 is 0 Å². The fraction of sp³-hybridized carbons (Fsp3) is 0.714. The first kappa shape index (κ1) is 10.0. The van der Waals surface area contributed by atoms with Crippen molar-refractivity contribution in [3.63, 3.8) is 0 Å². The molecule has 1 saturated carbocycles. The van der Waals surface area contributed by atoms with Gasteiger partial charge in [-0.05, 0) is 16.7 Å². The van der Waals surface area contributed by atoms with Gasteiger partial charge in [-0.2, -0.15) is 0 Å². The van der Waals surface area contributed by atoms with Gasteiger partial charge in [0.2, 0.25) is 0 Å². The SMILES string of the molecule is C[C@@H]1CC(=O)[C@H](ON=[N+]=[N-])CC1=P. The van der Waals surface area contributed by atoms with Gasteiger partial charge in [0.1, 0.15) is 5.28 Å². The van der Waals surface area contributed by atoms with Crippen LogP contribution in [0.1, 0.15) is 19.8 Å². The van der Waals surface area contributed by atoms with E-state index in [1.807, 2.05) is 6.92 Å². The van der Waals surface area contributed by atoms with Crippen LogP contribution >= 0.6 is 8.86 Å². The molecule has 0 aliphatic heterocycles. The van der Waals surface area contributed by atoms with Crippen LogP contribution in [0.4, 0.5) is 0 Å². The van der Waals surface area contributed by atoms with Crippen molar-refractivity contribution >= 4 is 19.9 Å². The average Bonchev–Trinajstić information content (AvgIpc) is 2.09. The smallest absolute Gasteiger partial charge is 0.174 e. The Hall–Kier alpha value is -1.05.